The average molecular weight is 411 g/mol. The molecule has 2 aliphatic rings. The van der Waals surface area contributed by atoms with Gasteiger partial charge in [0.2, 0.25) is 24.5 Å². The number of hydrogen-bond acceptors (Lipinski definition) is 6. The Hall–Kier alpha value is -3.75. The molecule has 9 nitrogen and oxygen atoms in total. The molecule has 1 fully saturated rings. The summed E-state index contributed by atoms with van der Waals surface area (Å²) in [6.45, 7) is 0.220. The minimum absolute atomic E-state index is 0.0989. The van der Waals surface area contributed by atoms with Crippen LogP contribution in [0.1, 0.15) is 6.42 Å². The number of benzene rings is 2. The predicted molar refractivity (Wildman–Crippen MR) is 108 cm³/mol. The van der Waals surface area contributed by atoms with Gasteiger partial charge >= 0.3 is 0 Å². The molecule has 0 aromatic heterocycles. The Morgan fingerprint density at radius 2 is 1.90 bits per heavy atom. The van der Waals surface area contributed by atoms with E-state index >= 15 is 0 Å². The van der Waals surface area contributed by atoms with Gasteiger partial charge in [-0.15, -0.1) is 0 Å². The monoisotopic (exact) mass is 411 g/mol. The number of carbonyl (C=O) groups excluding carboxylic acids is 3. The van der Waals surface area contributed by atoms with Crippen molar-refractivity contribution in [3.05, 3.63) is 42.5 Å². The van der Waals surface area contributed by atoms with Crippen LogP contribution in [0.4, 0.5) is 11.4 Å². The summed E-state index contributed by atoms with van der Waals surface area (Å²) in [6, 6.07) is 12.1. The van der Waals surface area contributed by atoms with E-state index in [4.69, 9.17) is 14.2 Å². The topological polar surface area (TPSA) is 106 Å². The molecule has 2 N–H and O–H groups in total. The lowest BCUT2D eigenvalue weighted by Crippen LogP contribution is -2.37. The Morgan fingerprint density at radius 3 is 2.67 bits per heavy atom. The Kier molecular flexibility index (Phi) is 5.42. The molecule has 2 aromatic rings. The van der Waals surface area contributed by atoms with Crippen LogP contribution in [0.3, 0.4) is 0 Å². The van der Waals surface area contributed by atoms with Crippen molar-refractivity contribution < 1.29 is 28.6 Å². The highest BCUT2D eigenvalue weighted by atomic mass is 16.7. The van der Waals surface area contributed by atoms with Gasteiger partial charge in [-0.05, 0) is 36.4 Å². The zero-order valence-electron chi connectivity index (χ0n) is 16.3. The fourth-order valence-electron chi connectivity index (χ4n) is 3.39. The quantitative estimate of drug-likeness (QED) is 0.747. The van der Waals surface area contributed by atoms with Crippen LogP contribution in [0.15, 0.2) is 42.5 Å². The second-order valence-electron chi connectivity index (χ2n) is 6.94. The Labute approximate surface area is 172 Å². The summed E-state index contributed by atoms with van der Waals surface area (Å²) in [6.07, 6.45) is 0.0989. The van der Waals surface area contributed by atoms with Crippen molar-refractivity contribution in [1.82, 2.24) is 5.32 Å². The molecular formula is C21H21N3O6. The van der Waals surface area contributed by atoms with Crippen molar-refractivity contribution in [1.29, 1.82) is 0 Å². The zero-order valence-corrected chi connectivity index (χ0v) is 16.3. The van der Waals surface area contributed by atoms with Crippen molar-refractivity contribution in [3.8, 4) is 17.2 Å². The fraction of sp³-hybridized carbons (Fsp3) is 0.286. The molecule has 4 rings (SSSR count). The lowest BCUT2D eigenvalue weighted by molar-refractivity contribution is -0.127. The van der Waals surface area contributed by atoms with Gasteiger partial charge in [-0.2, -0.15) is 0 Å². The van der Waals surface area contributed by atoms with Crippen LogP contribution in [-0.2, 0) is 14.4 Å². The van der Waals surface area contributed by atoms with Gasteiger partial charge in [-0.25, -0.2) is 0 Å². The Balaban J connectivity index is 1.28. The number of fused-ring (bicyclic) bond motifs is 1. The first kappa shape index (κ1) is 19.6. The summed E-state index contributed by atoms with van der Waals surface area (Å²) in [5, 5.41) is 5.30. The first-order valence-electron chi connectivity index (χ1n) is 9.45. The normalized spacial score (nSPS) is 17.0. The maximum atomic E-state index is 12.5. The zero-order chi connectivity index (χ0) is 21.1. The molecular weight excluding hydrogens is 390 g/mol. The van der Waals surface area contributed by atoms with Crippen LogP contribution in [0.2, 0.25) is 0 Å². The molecule has 30 heavy (non-hydrogen) atoms. The molecule has 0 spiro atoms. The van der Waals surface area contributed by atoms with Gasteiger partial charge in [0.25, 0.3) is 0 Å². The van der Waals surface area contributed by atoms with E-state index in [9.17, 15) is 14.4 Å². The summed E-state index contributed by atoms with van der Waals surface area (Å²) in [5.74, 6) is 0.503. The fourth-order valence-corrected chi connectivity index (χ4v) is 3.39. The lowest BCUT2D eigenvalue weighted by atomic mass is 10.1. The van der Waals surface area contributed by atoms with Crippen molar-refractivity contribution in [2.24, 2.45) is 5.92 Å². The Morgan fingerprint density at radius 1 is 1.13 bits per heavy atom. The molecule has 0 aliphatic carbocycles. The highest BCUT2D eigenvalue weighted by Gasteiger charge is 2.35. The van der Waals surface area contributed by atoms with E-state index in [1.165, 1.54) is 0 Å². The second-order valence-corrected chi connectivity index (χ2v) is 6.94. The van der Waals surface area contributed by atoms with E-state index in [0.29, 0.717) is 28.6 Å². The highest BCUT2D eigenvalue weighted by Crippen LogP contribution is 2.34. The van der Waals surface area contributed by atoms with Crippen molar-refractivity contribution in [2.45, 2.75) is 6.42 Å². The van der Waals surface area contributed by atoms with E-state index in [-0.39, 0.29) is 44.0 Å². The summed E-state index contributed by atoms with van der Waals surface area (Å²) >= 11 is 0. The standard InChI is InChI=1S/C21H21N3O6/c1-28-16-5-3-15(4-6-16)24-11-13(8-20(24)26)21(27)22-10-19(25)23-14-2-7-17-18(9-14)30-12-29-17/h2-7,9,13H,8,10-12H2,1H3,(H,22,27)(H,23,25)/t13-/m0/s1. The molecule has 2 aromatic carbocycles. The van der Waals surface area contributed by atoms with E-state index < -0.39 is 5.92 Å². The van der Waals surface area contributed by atoms with Crippen LogP contribution in [0.5, 0.6) is 17.2 Å². The minimum Gasteiger partial charge on any atom is -0.497 e. The lowest BCUT2D eigenvalue weighted by Gasteiger charge is -2.17. The molecule has 156 valence electrons. The molecule has 9 heteroatoms. The van der Waals surface area contributed by atoms with Gasteiger partial charge in [0, 0.05) is 30.4 Å². The third kappa shape index (κ3) is 4.14. The summed E-state index contributed by atoms with van der Waals surface area (Å²) in [7, 11) is 1.57. The smallest absolute Gasteiger partial charge is 0.243 e. The maximum absolute atomic E-state index is 12.5. The van der Waals surface area contributed by atoms with Crippen LogP contribution >= 0.6 is 0 Å². The largest absolute Gasteiger partial charge is 0.497 e. The van der Waals surface area contributed by atoms with Gasteiger partial charge in [0.15, 0.2) is 11.5 Å². The van der Waals surface area contributed by atoms with E-state index in [1.54, 1.807) is 54.5 Å². The van der Waals surface area contributed by atoms with E-state index in [0.717, 1.165) is 0 Å². The van der Waals surface area contributed by atoms with Gasteiger partial charge < -0.3 is 29.7 Å². The van der Waals surface area contributed by atoms with Crippen LogP contribution in [0, 0.1) is 5.92 Å². The van der Waals surface area contributed by atoms with Crippen LogP contribution in [0.25, 0.3) is 0 Å². The number of methoxy groups -OCH3 is 1. The minimum atomic E-state index is -0.516. The number of rotatable bonds is 6. The first-order chi connectivity index (χ1) is 14.5. The molecule has 1 saturated heterocycles. The van der Waals surface area contributed by atoms with Crippen LogP contribution < -0.4 is 29.7 Å². The van der Waals surface area contributed by atoms with Gasteiger partial charge in [0.1, 0.15) is 5.75 Å². The molecule has 1 atom stereocenters. The summed E-state index contributed by atoms with van der Waals surface area (Å²) in [4.78, 5) is 38.5. The number of nitrogens with zero attached hydrogens (tertiary/aromatic N) is 1. The number of carbonyl (C=O) groups is 3. The molecule has 2 aliphatic heterocycles. The van der Waals surface area contributed by atoms with Gasteiger partial charge in [-0.3, -0.25) is 14.4 Å². The van der Waals surface area contributed by atoms with E-state index in [1.807, 2.05) is 0 Å². The maximum Gasteiger partial charge on any atom is 0.243 e. The van der Waals surface area contributed by atoms with E-state index in [2.05, 4.69) is 10.6 Å². The molecule has 3 amide bonds. The molecule has 0 unspecified atom stereocenters. The summed E-state index contributed by atoms with van der Waals surface area (Å²) in [5.41, 5.74) is 1.25. The number of ether oxygens (including phenoxy) is 3. The number of nitrogens with one attached hydrogen (secondary N) is 2. The number of anilines is 2. The number of amides is 3. The van der Waals surface area contributed by atoms with Gasteiger partial charge in [0.05, 0.1) is 19.6 Å². The highest BCUT2D eigenvalue weighted by molar-refractivity contribution is 6.01. The SMILES string of the molecule is COc1ccc(N2C[C@@H](C(=O)NCC(=O)Nc3ccc4c(c3)OCO4)CC2=O)cc1. The average Bonchev–Trinajstić information content (AvgIpc) is 3.38. The first-order valence-corrected chi connectivity index (χ1v) is 9.45. The van der Waals surface area contributed by atoms with Gasteiger partial charge in [-0.1, -0.05) is 0 Å². The third-order valence-corrected chi connectivity index (χ3v) is 4.96. The molecule has 0 bridgehead atoms. The summed E-state index contributed by atoms with van der Waals surface area (Å²) < 4.78 is 15.6. The molecule has 0 radical (unpaired) electrons. The Bertz CT molecular complexity index is 975. The molecule has 2 heterocycles. The third-order valence-electron chi connectivity index (χ3n) is 4.96. The van der Waals surface area contributed by atoms with Crippen molar-refractivity contribution in [3.63, 3.8) is 0 Å². The van der Waals surface area contributed by atoms with Crippen LogP contribution in [-0.4, -0.2) is 44.7 Å². The van der Waals surface area contributed by atoms with Crippen molar-refractivity contribution >= 4 is 29.1 Å². The van der Waals surface area contributed by atoms with Crippen molar-refractivity contribution in [2.75, 3.05) is 37.2 Å². The second kappa shape index (κ2) is 8.32. The predicted octanol–water partition coefficient (Wildman–Crippen LogP) is 1.53. The molecule has 0 saturated carbocycles. The number of hydrogen-bond donors (Lipinski definition) is 2.